The quantitative estimate of drug-likeness (QED) is 0.0886. The SMILES string of the molecule is COc1cc2c(NCc3ccc(C4CCC(C(=O)NO)CC4)cc3)cc(-c3ccc(C)o3)nc2cc1OCCCN1CCCC1. The topological polar surface area (TPSA) is 109 Å². The van der Waals surface area contributed by atoms with Gasteiger partial charge in [0.25, 0.3) is 0 Å². The molecule has 1 saturated carbocycles. The molecule has 0 radical (unpaired) electrons. The summed E-state index contributed by atoms with van der Waals surface area (Å²) in [6.45, 7) is 6.62. The number of hydrogen-bond acceptors (Lipinski definition) is 8. The Morgan fingerprint density at radius 1 is 1.02 bits per heavy atom. The number of hydroxylamine groups is 1. The number of nitrogens with one attached hydrogen (secondary N) is 2. The Morgan fingerprint density at radius 2 is 1.80 bits per heavy atom. The van der Waals surface area contributed by atoms with Crippen LogP contribution in [0.1, 0.15) is 67.8 Å². The number of hydrogen-bond donors (Lipinski definition) is 3. The first kappa shape index (κ1) is 30.9. The Hall–Kier alpha value is -4.08. The number of aryl methyl sites for hydroxylation is 1. The summed E-state index contributed by atoms with van der Waals surface area (Å²) in [5.74, 6) is 3.01. The molecule has 0 spiro atoms. The van der Waals surface area contributed by atoms with E-state index in [0.717, 1.165) is 78.0 Å². The van der Waals surface area contributed by atoms with Crippen LogP contribution in [0.25, 0.3) is 22.4 Å². The third-order valence-electron chi connectivity index (χ3n) is 9.30. The van der Waals surface area contributed by atoms with E-state index in [-0.39, 0.29) is 11.8 Å². The van der Waals surface area contributed by atoms with Crippen molar-refractivity contribution in [2.75, 3.05) is 38.7 Å². The Kier molecular flexibility index (Phi) is 9.86. The van der Waals surface area contributed by atoms with Gasteiger partial charge in [0.15, 0.2) is 17.3 Å². The Labute approximate surface area is 264 Å². The Bertz CT molecular complexity index is 1590. The zero-order valence-corrected chi connectivity index (χ0v) is 26.3. The number of amides is 1. The Morgan fingerprint density at radius 3 is 2.49 bits per heavy atom. The molecule has 3 heterocycles. The maximum Gasteiger partial charge on any atom is 0.246 e. The van der Waals surface area contributed by atoms with Crippen molar-refractivity contribution >= 4 is 22.5 Å². The number of carbonyl (C=O) groups excluding carboxylic acids is 1. The highest BCUT2D eigenvalue weighted by Crippen LogP contribution is 2.38. The van der Waals surface area contributed by atoms with Gasteiger partial charge >= 0.3 is 0 Å². The van der Waals surface area contributed by atoms with Gasteiger partial charge in [0.05, 0.1) is 19.2 Å². The molecule has 9 nitrogen and oxygen atoms in total. The molecule has 6 rings (SSSR count). The molecule has 4 aromatic rings. The van der Waals surface area contributed by atoms with Crippen LogP contribution >= 0.6 is 0 Å². The summed E-state index contributed by atoms with van der Waals surface area (Å²) in [4.78, 5) is 19.3. The van der Waals surface area contributed by atoms with Gasteiger partial charge in [-0.05, 0) is 106 Å². The first-order chi connectivity index (χ1) is 22.0. The minimum absolute atomic E-state index is 0.0964. The molecule has 2 aliphatic rings. The molecule has 2 aromatic heterocycles. The first-order valence-electron chi connectivity index (χ1n) is 16.2. The van der Waals surface area contributed by atoms with Crippen LogP contribution in [0.2, 0.25) is 0 Å². The summed E-state index contributed by atoms with van der Waals surface area (Å²) < 4.78 is 18.0. The summed E-state index contributed by atoms with van der Waals surface area (Å²) in [6.07, 6.45) is 7.03. The molecule has 9 heteroatoms. The number of anilines is 1. The van der Waals surface area contributed by atoms with Gasteiger partial charge in [-0.3, -0.25) is 10.0 Å². The van der Waals surface area contributed by atoms with E-state index in [1.54, 1.807) is 7.11 Å². The minimum atomic E-state index is -0.266. The van der Waals surface area contributed by atoms with Crippen molar-refractivity contribution < 1.29 is 23.9 Å². The monoisotopic (exact) mass is 612 g/mol. The minimum Gasteiger partial charge on any atom is -0.493 e. The number of fused-ring (bicyclic) bond motifs is 1. The van der Waals surface area contributed by atoms with Gasteiger partial charge in [-0.2, -0.15) is 0 Å². The number of methoxy groups -OCH3 is 1. The molecule has 2 aromatic carbocycles. The average molecular weight is 613 g/mol. The van der Waals surface area contributed by atoms with Gasteiger partial charge in [-0.25, -0.2) is 10.5 Å². The van der Waals surface area contributed by atoms with Crippen molar-refractivity contribution in [3.8, 4) is 23.0 Å². The van der Waals surface area contributed by atoms with Crippen molar-refractivity contribution in [3.05, 3.63) is 71.5 Å². The summed E-state index contributed by atoms with van der Waals surface area (Å²) in [6, 6.07) is 18.7. The van der Waals surface area contributed by atoms with Gasteiger partial charge in [0, 0.05) is 36.1 Å². The predicted molar refractivity (Wildman–Crippen MR) is 175 cm³/mol. The smallest absolute Gasteiger partial charge is 0.246 e. The summed E-state index contributed by atoms with van der Waals surface area (Å²) >= 11 is 0. The lowest BCUT2D eigenvalue weighted by Gasteiger charge is -2.27. The van der Waals surface area contributed by atoms with E-state index in [0.29, 0.717) is 30.6 Å². The number of benzene rings is 2. The van der Waals surface area contributed by atoms with Crippen molar-refractivity contribution in [2.24, 2.45) is 5.92 Å². The standard InChI is InChI=1S/C36H44N4O5/c1-24-6-15-33(45-24)32-21-30(37-23-25-7-9-26(10-8-25)27-11-13-28(14-12-27)36(41)39-42)29-20-34(43-2)35(22-31(29)38-32)44-19-5-18-40-16-3-4-17-40/h6-10,15,20-22,27-28,42H,3-5,11-14,16-19,23H2,1-2H3,(H,37,38)(H,39,41). The highest BCUT2D eigenvalue weighted by molar-refractivity contribution is 5.95. The summed E-state index contributed by atoms with van der Waals surface area (Å²) in [7, 11) is 1.67. The number of rotatable bonds is 12. The highest BCUT2D eigenvalue weighted by Gasteiger charge is 2.27. The number of ether oxygens (including phenoxy) is 2. The number of furan rings is 1. The molecular formula is C36H44N4O5. The number of pyridine rings is 1. The normalized spacial score (nSPS) is 18.6. The molecule has 238 valence electrons. The number of aromatic nitrogens is 1. The van der Waals surface area contributed by atoms with E-state index >= 15 is 0 Å². The summed E-state index contributed by atoms with van der Waals surface area (Å²) in [5, 5.41) is 13.5. The third kappa shape index (κ3) is 7.43. The van der Waals surface area contributed by atoms with Crippen LogP contribution < -0.4 is 20.3 Å². The lowest BCUT2D eigenvalue weighted by atomic mass is 9.78. The molecule has 1 saturated heterocycles. The molecule has 0 unspecified atom stereocenters. The largest absolute Gasteiger partial charge is 0.493 e. The van der Waals surface area contributed by atoms with Gasteiger partial charge < -0.3 is 24.1 Å². The highest BCUT2D eigenvalue weighted by atomic mass is 16.5. The molecule has 0 bridgehead atoms. The van der Waals surface area contributed by atoms with Crippen molar-refractivity contribution in [2.45, 2.75) is 64.3 Å². The average Bonchev–Trinajstić information content (AvgIpc) is 3.77. The van der Waals surface area contributed by atoms with Crippen LogP contribution in [-0.2, 0) is 11.3 Å². The molecule has 1 amide bonds. The maximum atomic E-state index is 11.8. The fraction of sp³-hybridized carbons (Fsp3) is 0.444. The summed E-state index contributed by atoms with van der Waals surface area (Å²) in [5.41, 5.74) is 6.76. The van der Waals surface area contributed by atoms with Crippen LogP contribution in [0.5, 0.6) is 11.5 Å². The number of likely N-dealkylation sites (tertiary alicyclic amines) is 1. The molecular weight excluding hydrogens is 568 g/mol. The van der Waals surface area contributed by atoms with E-state index in [1.807, 2.05) is 42.7 Å². The lowest BCUT2D eigenvalue weighted by molar-refractivity contribution is -0.134. The zero-order valence-electron chi connectivity index (χ0n) is 26.3. The second-order valence-electron chi connectivity index (χ2n) is 12.4. The zero-order chi connectivity index (χ0) is 31.2. The van der Waals surface area contributed by atoms with E-state index in [2.05, 4.69) is 34.5 Å². The molecule has 45 heavy (non-hydrogen) atoms. The van der Waals surface area contributed by atoms with Crippen LogP contribution in [0, 0.1) is 12.8 Å². The molecule has 3 N–H and O–H groups in total. The maximum absolute atomic E-state index is 11.8. The van der Waals surface area contributed by atoms with Gasteiger partial charge in [0.1, 0.15) is 11.5 Å². The predicted octanol–water partition coefficient (Wildman–Crippen LogP) is 7.07. The second-order valence-corrected chi connectivity index (χ2v) is 12.4. The van der Waals surface area contributed by atoms with Crippen molar-refractivity contribution in [3.63, 3.8) is 0 Å². The third-order valence-corrected chi connectivity index (χ3v) is 9.30. The van der Waals surface area contributed by atoms with Crippen LogP contribution in [0.4, 0.5) is 5.69 Å². The van der Waals surface area contributed by atoms with Crippen LogP contribution in [0.3, 0.4) is 0 Å². The molecule has 1 aliphatic carbocycles. The van der Waals surface area contributed by atoms with Gasteiger partial charge in [-0.15, -0.1) is 0 Å². The van der Waals surface area contributed by atoms with Gasteiger partial charge in [-0.1, -0.05) is 24.3 Å². The number of carbonyl (C=O) groups is 1. The molecule has 2 fully saturated rings. The Balaban J connectivity index is 1.18. The van der Waals surface area contributed by atoms with Crippen LogP contribution in [0.15, 0.2) is 59.0 Å². The molecule has 1 aliphatic heterocycles. The van der Waals surface area contributed by atoms with Crippen molar-refractivity contribution in [1.82, 2.24) is 15.4 Å². The van der Waals surface area contributed by atoms with E-state index in [4.69, 9.17) is 24.1 Å². The lowest BCUT2D eigenvalue weighted by Crippen LogP contribution is -2.30. The van der Waals surface area contributed by atoms with E-state index in [1.165, 1.54) is 31.5 Å². The second kappa shape index (κ2) is 14.3. The van der Waals surface area contributed by atoms with Crippen molar-refractivity contribution in [1.29, 1.82) is 0 Å². The van der Waals surface area contributed by atoms with E-state index < -0.39 is 0 Å². The van der Waals surface area contributed by atoms with Gasteiger partial charge in [0.2, 0.25) is 5.91 Å². The first-order valence-corrected chi connectivity index (χ1v) is 16.2. The van der Waals surface area contributed by atoms with Crippen LogP contribution in [-0.4, -0.2) is 54.3 Å². The number of nitrogens with zero attached hydrogens (tertiary/aromatic N) is 2. The fourth-order valence-electron chi connectivity index (χ4n) is 6.71. The fourth-order valence-corrected chi connectivity index (χ4v) is 6.71. The molecule has 0 atom stereocenters. The van der Waals surface area contributed by atoms with E-state index in [9.17, 15) is 4.79 Å².